The van der Waals surface area contributed by atoms with Crippen LogP contribution in [-0.2, 0) is 19.1 Å². The standard InChI is InChI=1S/C21H26N2O6/c1-11(2)28-20(24)17-13(5)22-14(6)18(21(25)29-12(3)4)19(17)15-7-9-16(10-8-15)23(26)27/h7-12,17,19H,1-6H3/t17?,19-/m0/s1. The van der Waals surface area contributed by atoms with Gasteiger partial charge < -0.3 is 9.47 Å². The van der Waals surface area contributed by atoms with E-state index in [1.54, 1.807) is 53.7 Å². The van der Waals surface area contributed by atoms with Crippen molar-refractivity contribution in [3.63, 3.8) is 0 Å². The molecular formula is C21H26N2O6. The molecule has 1 aliphatic heterocycles. The highest BCUT2D eigenvalue weighted by Gasteiger charge is 2.42. The summed E-state index contributed by atoms with van der Waals surface area (Å²) < 4.78 is 10.8. The van der Waals surface area contributed by atoms with Crippen LogP contribution >= 0.6 is 0 Å². The summed E-state index contributed by atoms with van der Waals surface area (Å²) >= 11 is 0. The molecule has 0 amide bonds. The summed E-state index contributed by atoms with van der Waals surface area (Å²) in [6, 6.07) is 5.80. The molecule has 156 valence electrons. The van der Waals surface area contributed by atoms with Crippen LogP contribution in [0.2, 0.25) is 0 Å². The van der Waals surface area contributed by atoms with E-state index in [0.29, 0.717) is 17.0 Å². The molecule has 1 unspecified atom stereocenters. The number of allylic oxidation sites excluding steroid dienone is 1. The van der Waals surface area contributed by atoms with Gasteiger partial charge in [-0.1, -0.05) is 12.1 Å². The van der Waals surface area contributed by atoms with Gasteiger partial charge in [-0.2, -0.15) is 0 Å². The maximum Gasteiger partial charge on any atom is 0.336 e. The van der Waals surface area contributed by atoms with Crippen LogP contribution in [0.4, 0.5) is 5.69 Å². The molecule has 1 heterocycles. The average Bonchev–Trinajstić information content (AvgIpc) is 2.59. The zero-order chi connectivity index (χ0) is 21.9. The van der Waals surface area contributed by atoms with E-state index in [-0.39, 0.29) is 23.5 Å². The highest BCUT2D eigenvalue weighted by Crippen LogP contribution is 2.40. The summed E-state index contributed by atoms with van der Waals surface area (Å²) in [5.41, 5.74) is 1.71. The van der Waals surface area contributed by atoms with E-state index in [2.05, 4.69) is 4.99 Å². The predicted octanol–water partition coefficient (Wildman–Crippen LogP) is 3.95. The second-order valence-corrected chi connectivity index (χ2v) is 7.50. The Morgan fingerprint density at radius 1 is 1.03 bits per heavy atom. The number of non-ortho nitro benzene ring substituents is 1. The molecule has 29 heavy (non-hydrogen) atoms. The minimum absolute atomic E-state index is 0.0803. The third-order valence-corrected chi connectivity index (χ3v) is 4.46. The summed E-state index contributed by atoms with van der Waals surface area (Å²) in [6.45, 7) is 10.3. The monoisotopic (exact) mass is 402 g/mol. The molecule has 8 nitrogen and oxygen atoms in total. The first-order chi connectivity index (χ1) is 13.5. The number of ether oxygens (including phenoxy) is 2. The van der Waals surface area contributed by atoms with E-state index in [4.69, 9.17) is 9.47 Å². The van der Waals surface area contributed by atoms with Crippen LogP contribution in [0, 0.1) is 16.0 Å². The van der Waals surface area contributed by atoms with Crippen molar-refractivity contribution in [3.05, 3.63) is 51.2 Å². The second kappa shape index (κ2) is 8.98. The topological polar surface area (TPSA) is 108 Å². The summed E-state index contributed by atoms with van der Waals surface area (Å²) in [7, 11) is 0. The van der Waals surface area contributed by atoms with E-state index in [9.17, 15) is 19.7 Å². The molecule has 0 saturated carbocycles. The molecule has 0 aliphatic carbocycles. The SMILES string of the molecule is CC1=NC(C)=C(C(=O)OC(C)C)[C@@H](c2ccc([N+](=O)[O-])cc2)C1C(=O)OC(C)C. The van der Waals surface area contributed by atoms with Crippen molar-refractivity contribution in [2.24, 2.45) is 10.9 Å². The zero-order valence-corrected chi connectivity index (χ0v) is 17.5. The number of benzene rings is 1. The lowest BCUT2D eigenvalue weighted by molar-refractivity contribution is -0.384. The number of nitro groups is 1. The van der Waals surface area contributed by atoms with Gasteiger partial charge in [-0.3, -0.25) is 19.9 Å². The van der Waals surface area contributed by atoms with Crippen LogP contribution in [0.15, 0.2) is 40.5 Å². The third kappa shape index (κ3) is 5.07. The number of aliphatic imine (C=N–C) groups is 1. The lowest BCUT2D eigenvalue weighted by atomic mass is 9.75. The molecular weight excluding hydrogens is 376 g/mol. The third-order valence-electron chi connectivity index (χ3n) is 4.46. The van der Waals surface area contributed by atoms with Gasteiger partial charge in [0, 0.05) is 29.5 Å². The number of rotatable bonds is 6. The van der Waals surface area contributed by atoms with Crippen LogP contribution in [0.1, 0.15) is 53.0 Å². The van der Waals surface area contributed by atoms with Crippen LogP contribution in [0.25, 0.3) is 0 Å². The van der Waals surface area contributed by atoms with Crippen molar-refractivity contribution in [2.75, 3.05) is 0 Å². The van der Waals surface area contributed by atoms with Gasteiger partial charge in [0.05, 0.1) is 22.7 Å². The number of carbonyl (C=O) groups excluding carboxylic acids is 2. The first kappa shape index (κ1) is 22.3. The highest BCUT2D eigenvalue weighted by molar-refractivity contribution is 6.07. The van der Waals surface area contributed by atoms with E-state index in [0.717, 1.165) is 0 Å². The fraction of sp³-hybridized carbons (Fsp3) is 0.476. The molecule has 0 aromatic heterocycles. The first-order valence-electron chi connectivity index (χ1n) is 9.44. The van der Waals surface area contributed by atoms with Crippen molar-refractivity contribution < 1.29 is 24.0 Å². The maximum absolute atomic E-state index is 12.9. The van der Waals surface area contributed by atoms with Crippen LogP contribution < -0.4 is 0 Å². The molecule has 2 atom stereocenters. The summed E-state index contributed by atoms with van der Waals surface area (Å²) in [4.78, 5) is 40.7. The fourth-order valence-electron chi connectivity index (χ4n) is 3.35. The van der Waals surface area contributed by atoms with Gasteiger partial charge in [0.15, 0.2) is 0 Å². The Morgan fingerprint density at radius 2 is 1.59 bits per heavy atom. The van der Waals surface area contributed by atoms with E-state index in [1.165, 1.54) is 12.1 Å². The lowest BCUT2D eigenvalue weighted by Gasteiger charge is -2.32. The number of nitrogens with zero attached hydrogens (tertiary/aromatic N) is 2. The molecule has 2 rings (SSSR count). The fourth-order valence-corrected chi connectivity index (χ4v) is 3.35. The molecule has 8 heteroatoms. The first-order valence-corrected chi connectivity index (χ1v) is 9.44. The normalized spacial score (nSPS) is 19.2. The van der Waals surface area contributed by atoms with E-state index < -0.39 is 28.7 Å². The molecule has 0 saturated heterocycles. The van der Waals surface area contributed by atoms with Crippen molar-refractivity contribution in [2.45, 2.75) is 59.7 Å². The van der Waals surface area contributed by atoms with Crippen LogP contribution in [0.3, 0.4) is 0 Å². The number of hydrogen-bond acceptors (Lipinski definition) is 7. The van der Waals surface area contributed by atoms with Gasteiger partial charge in [-0.15, -0.1) is 0 Å². The van der Waals surface area contributed by atoms with Crippen molar-refractivity contribution >= 4 is 23.3 Å². The van der Waals surface area contributed by atoms with Crippen LogP contribution in [-0.4, -0.2) is 34.8 Å². The lowest BCUT2D eigenvalue weighted by Crippen LogP contribution is -2.37. The van der Waals surface area contributed by atoms with Gasteiger partial charge in [-0.25, -0.2) is 4.79 Å². The maximum atomic E-state index is 12.9. The number of esters is 2. The summed E-state index contributed by atoms with van der Waals surface area (Å²) in [6.07, 6.45) is -0.695. The average molecular weight is 402 g/mol. The van der Waals surface area contributed by atoms with E-state index >= 15 is 0 Å². The number of carbonyl (C=O) groups is 2. The molecule has 1 aliphatic rings. The zero-order valence-electron chi connectivity index (χ0n) is 17.5. The molecule has 0 radical (unpaired) electrons. The molecule has 1 aromatic rings. The minimum atomic E-state index is -0.836. The Bertz CT molecular complexity index is 868. The van der Waals surface area contributed by atoms with Gasteiger partial charge in [-0.05, 0) is 47.1 Å². The van der Waals surface area contributed by atoms with Gasteiger partial charge in [0.1, 0.15) is 5.92 Å². The van der Waals surface area contributed by atoms with Crippen molar-refractivity contribution in [3.8, 4) is 0 Å². The van der Waals surface area contributed by atoms with Crippen LogP contribution in [0.5, 0.6) is 0 Å². The van der Waals surface area contributed by atoms with Gasteiger partial charge in [0.25, 0.3) is 5.69 Å². The van der Waals surface area contributed by atoms with Crippen molar-refractivity contribution in [1.82, 2.24) is 0 Å². The molecule has 0 bridgehead atoms. The van der Waals surface area contributed by atoms with E-state index in [1.807, 2.05) is 0 Å². The van der Waals surface area contributed by atoms with Gasteiger partial charge >= 0.3 is 11.9 Å². The Labute approximate surface area is 169 Å². The second-order valence-electron chi connectivity index (χ2n) is 7.50. The Balaban J connectivity index is 2.61. The molecule has 0 N–H and O–H groups in total. The highest BCUT2D eigenvalue weighted by atomic mass is 16.6. The molecule has 0 fully saturated rings. The molecule has 1 aromatic carbocycles. The van der Waals surface area contributed by atoms with Gasteiger partial charge in [0.2, 0.25) is 0 Å². The summed E-state index contributed by atoms with van der Waals surface area (Å²) in [5.74, 6) is -2.63. The Kier molecular flexibility index (Phi) is 6.89. The Hall–Kier alpha value is -3.03. The largest absolute Gasteiger partial charge is 0.462 e. The quantitative estimate of drug-likeness (QED) is 0.405. The molecule has 0 spiro atoms. The predicted molar refractivity (Wildman–Crippen MR) is 108 cm³/mol. The van der Waals surface area contributed by atoms with Crippen molar-refractivity contribution in [1.29, 1.82) is 0 Å². The number of hydrogen-bond donors (Lipinski definition) is 0. The Morgan fingerprint density at radius 3 is 2.07 bits per heavy atom. The minimum Gasteiger partial charge on any atom is -0.462 e. The smallest absolute Gasteiger partial charge is 0.336 e. The summed E-state index contributed by atoms with van der Waals surface area (Å²) in [5, 5.41) is 11.0. The number of nitro benzene ring substituents is 1.